The predicted octanol–water partition coefficient (Wildman–Crippen LogP) is 0.778. The van der Waals surface area contributed by atoms with Crippen molar-refractivity contribution in [3.8, 4) is 0 Å². The number of fused-ring (bicyclic) bond motifs is 1. The van der Waals surface area contributed by atoms with Gasteiger partial charge < -0.3 is 9.32 Å². The molecule has 1 aromatic carbocycles. The van der Waals surface area contributed by atoms with Crippen LogP contribution in [0.3, 0.4) is 0 Å². The number of amides is 1. The number of aryl methyl sites for hydroxylation is 1. The van der Waals surface area contributed by atoms with Crippen molar-refractivity contribution in [2.45, 2.75) is 13.3 Å². The Morgan fingerprint density at radius 3 is 2.95 bits per heavy atom. The minimum absolute atomic E-state index is 0.112. The molecule has 8 heteroatoms. The number of rotatable bonds is 3. The summed E-state index contributed by atoms with van der Waals surface area (Å²) in [6.45, 7) is 2.09. The maximum absolute atomic E-state index is 12.1. The fraction of sp³-hybridized carbons (Fsp3) is 0.385. The number of anilines is 1. The zero-order valence-electron chi connectivity index (χ0n) is 11.4. The van der Waals surface area contributed by atoms with Gasteiger partial charge in [0.2, 0.25) is 15.9 Å². The Balaban J connectivity index is 1.86. The summed E-state index contributed by atoms with van der Waals surface area (Å²) in [5, 5.41) is 5.04. The molecule has 1 unspecified atom stereocenters. The molecule has 1 atom stereocenters. The van der Waals surface area contributed by atoms with E-state index in [4.69, 9.17) is 9.56 Å². The van der Waals surface area contributed by atoms with Gasteiger partial charge in [-0.15, -0.1) is 0 Å². The minimum Gasteiger partial charge on any atom is -0.441 e. The SMILES string of the molecule is Cc1nc2ccc(N3CC(CS(N)(=O)=O)CC3=O)cc2o1. The monoisotopic (exact) mass is 309 g/mol. The van der Waals surface area contributed by atoms with Gasteiger partial charge >= 0.3 is 0 Å². The zero-order chi connectivity index (χ0) is 15.2. The standard InChI is InChI=1S/C13H15N3O4S/c1-8-15-11-3-2-10(5-12(11)20-8)16-6-9(4-13(16)17)7-21(14,18)19/h2-3,5,9H,4,6-7H2,1H3,(H2,14,18,19). The second kappa shape index (κ2) is 4.81. The van der Waals surface area contributed by atoms with E-state index < -0.39 is 10.0 Å². The summed E-state index contributed by atoms with van der Waals surface area (Å²) in [5.41, 5.74) is 2.01. The number of primary sulfonamides is 1. The van der Waals surface area contributed by atoms with Crippen LogP contribution < -0.4 is 10.0 Å². The molecule has 0 aliphatic carbocycles. The first kappa shape index (κ1) is 14.0. The molecule has 1 amide bonds. The van der Waals surface area contributed by atoms with E-state index in [0.29, 0.717) is 23.7 Å². The Bertz CT molecular complexity index is 812. The highest BCUT2D eigenvalue weighted by atomic mass is 32.2. The molecule has 0 bridgehead atoms. The summed E-state index contributed by atoms with van der Waals surface area (Å²) in [6.07, 6.45) is 0.184. The zero-order valence-corrected chi connectivity index (χ0v) is 12.3. The molecule has 2 heterocycles. The largest absolute Gasteiger partial charge is 0.441 e. The first-order chi connectivity index (χ1) is 9.82. The summed E-state index contributed by atoms with van der Waals surface area (Å²) in [6, 6.07) is 5.30. The van der Waals surface area contributed by atoms with Crippen molar-refractivity contribution < 1.29 is 17.6 Å². The predicted molar refractivity (Wildman–Crippen MR) is 77.2 cm³/mol. The molecular weight excluding hydrogens is 294 g/mol. The second-order valence-electron chi connectivity index (χ2n) is 5.29. The maximum atomic E-state index is 12.1. The lowest BCUT2D eigenvalue weighted by molar-refractivity contribution is -0.117. The average molecular weight is 309 g/mol. The molecule has 0 spiro atoms. The summed E-state index contributed by atoms with van der Waals surface area (Å²) in [4.78, 5) is 17.8. The van der Waals surface area contributed by atoms with Gasteiger partial charge in [0.25, 0.3) is 0 Å². The highest BCUT2D eigenvalue weighted by Crippen LogP contribution is 2.28. The molecule has 2 N–H and O–H groups in total. The van der Waals surface area contributed by atoms with Crippen molar-refractivity contribution in [1.29, 1.82) is 0 Å². The molecular formula is C13H15N3O4S. The number of nitrogens with zero attached hydrogens (tertiary/aromatic N) is 2. The van der Waals surface area contributed by atoms with Gasteiger partial charge in [0.1, 0.15) is 5.52 Å². The molecule has 2 aromatic rings. The van der Waals surface area contributed by atoms with Gasteiger partial charge in [0.05, 0.1) is 5.75 Å². The molecule has 1 fully saturated rings. The van der Waals surface area contributed by atoms with Crippen LogP contribution in [0.25, 0.3) is 11.1 Å². The van der Waals surface area contributed by atoms with Gasteiger partial charge in [0, 0.05) is 37.6 Å². The van der Waals surface area contributed by atoms with Crippen LogP contribution in [0.2, 0.25) is 0 Å². The lowest BCUT2D eigenvalue weighted by Crippen LogP contribution is -2.27. The lowest BCUT2D eigenvalue weighted by Gasteiger charge is -2.16. The van der Waals surface area contributed by atoms with E-state index in [2.05, 4.69) is 4.98 Å². The molecule has 0 saturated carbocycles. The lowest BCUT2D eigenvalue weighted by atomic mass is 10.1. The highest BCUT2D eigenvalue weighted by Gasteiger charge is 2.33. The van der Waals surface area contributed by atoms with E-state index in [1.807, 2.05) is 0 Å². The van der Waals surface area contributed by atoms with Crippen molar-refractivity contribution in [1.82, 2.24) is 4.98 Å². The Morgan fingerprint density at radius 2 is 2.24 bits per heavy atom. The third-order valence-electron chi connectivity index (χ3n) is 3.46. The van der Waals surface area contributed by atoms with E-state index in [1.54, 1.807) is 30.0 Å². The molecule has 1 aliphatic heterocycles. The normalized spacial score (nSPS) is 19.6. The van der Waals surface area contributed by atoms with Crippen molar-refractivity contribution in [2.75, 3.05) is 17.2 Å². The molecule has 0 radical (unpaired) electrons. The van der Waals surface area contributed by atoms with E-state index >= 15 is 0 Å². The number of aromatic nitrogens is 1. The van der Waals surface area contributed by atoms with Crippen LogP contribution >= 0.6 is 0 Å². The fourth-order valence-corrected chi connectivity index (χ4v) is 3.55. The number of benzene rings is 1. The molecule has 21 heavy (non-hydrogen) atoms. The van der Waals surface area contributed by atoms with Gasteiger partial charge in [-0.1, -0.05) is 0 Å². The summed E-state index contributed by atoms with van der Waals surface area (Å²) in [5.74, 6) is -0.0142. The van der Waals surface area contributed by atoms with Crippen molar-refractivity contribution in [2.24, 2.45) is 11.1 Å². The van der Waals surface area contributed by atoms with E-state index in [-0.39, 0.29) is 24.0 Å². The number of hydrogen-bond acceptors (Lipinski definition) is 5. The Hall–Kier alpha value is -1.93. The fourth-order valence-electron chi connectivity index (χ4n) is 2.67. The first-order valence-corrected chi connectivity index (χ1v) is 8.21. The quantitative estimate of drug-likeness (QED) is 0.901. The Kier molecular flexibility index (Phi) is 3.22. The molecule has 1 saturated heterocycles. The summed E-state index contributed by atoms with van der Waals surface area (Å²) >= 11 is 0. The minimum atomic E-state index is -3.58. The molecule has 3 rings (SSSR count). The number of carbonyl (C=O) groups is 1. The van der Waals surface area contributed by atoms with Gasteiger partial charge in [-0.05, 0) is 12.1 Å². The molecule has 1 aliphatic rings. The van der Waals surface area contributed by atoms with Crippen LogP contribution in [0.5, 0.6) is 0 Å². The van der Waals surface area contributed by atoms with Crippen LogP contribution in [0.4, 0.5) is 5.69 Å². The van der Waals surface area contributed by atoms with Crippen molar-refractivity contribution >= 4 is 32.7 Å². The molecule has 112 valence electrons. The first-order valence-electron chi connectivity index (χ1n) is 6.50. The van der Waals surface area contributed by atoms with E-state index in [0.717, 1.165) is 5.52 Å². The summed E-state index contributed by atoms with van der Waals surface area (Å²) in [7, 11) is -3.58. The third kappa shape index (κ3) is 2.91. The molecule has 1 aromatic heterocycles. The number of sulfonamides is 1. The topological polar surface area (TPSA) is 107 Å². The number of carbonyl (C=O) groups excluding carboxylic acids is 1. The van der Waals surface area contributed by atoms with Gasteiger partial charge in [-0.2, -0.15) is 0 Å². The van der Waals surface area contributed by atoms with Gasteiger partial charge in [-0.25, -0.2) is 18.5 Å². The number of nitrogens with two attached hydrogens (primary N) is 1. The third-order valence-corrected chi connectivity index (χ3v) is 4.40. The number of hydrogen-bond donors (Lipinski definition) is 1. The Morgan fingerprint density at radius 1 is 1.48 bits per heavy atom. The van der Waals surface area contributed by atoms with Gasteiger partial charge in [-0.3, -0.25) is 4.79 Å². The highest BCUT2D eigenvalue weighted by molar-refractivity contribution is 7.89. The Labute approximate surface area is 121 Å². The van der Waals surface area contributed by atoms with Crippen LogP contribution in [0.1, 0.15) is 12.3 Å². The number of oxazole rings is 1. The van der Waals surface area contributed by atoms with Crippen molar-refractivity contribution in [3.63, 3.8) is 0 Å². The van der Waals surface area contributed by atoms with Crippen LogP contribution in [-0.4, -0.2) is 31.6 Å². The van der Waals surface area contributed by atoms with Gasteiger partial charge in [0.15, 0.2) is 11.5 Å². The van der Waals surface area contributed by atoms with E-state index in [9.17, 15) is 13.2 Å². The van der Waals surface area contributed by atoms with Crippen LogP contribution in [0, 0.1) is 12.8 Å². The van der Waals surface area contributed by atoms with Crippen LogP contribution in [0.15, 0.2) is 22.6 Å². The van der Waals surface area contributed by atoms with Crippen molar-refractivity contribution in [3.05, 3.63) is 24.1 Å². The average Bonchev–Trinajstić information content (AvgIpc) is 2.88. The molecule has 7 nitrogen and oxygen atoms in total. The summed E-state index contributed by atoms with van der Waals surface area (Å²) < 4.78 is 27.7. The van der Waals surface area contributed by atoms with Crippen LogP contribution in [-0.2, 0) is 14.8 Å². The second-order valence-corrected chi connectivity index (χ2v) is 6.95. The smallest absolute Gasteiger partial charge is 0.227 e. The van der Waals surface area contributed by atoms with E-state index in [1.165, 1.54) is 0 Å². The maximum Gasteiger partial charge on any atom is 0.227 e.